The molecule has 0 aromatic heterocycles. The predicted molar refractivity (Wildman–Crippen MR) is 107 cm³/mol. The lowest BCUT2D eigenvalue weighted by molar-refractivity contribution is -0.384. The minimum atomic E-state index is -0.399. The molecule has 0 fully saturated rings. The van der Waals surface area contributed by atoms with Crippen LogP contribution in [0.15, 0.2) is 47.5 Å². The van der Waals surface area contributed by atoms with Crippen molar-refractivity contribution in [3.8, 4) is 5.75 Å². The van der Waals surface area contributed by atoms with Crippen LogP contribution in [-0.4, -0.2) is 24.0 Å². The highest BCUT2D eigenvalue weighted by molar-refractivity contribution is 5.79. The highest BCUT2D eigenvalue weighted by Gasteiger charge is 2.09. The Hall–Kier alpha value is -3.09. The van der Waals surface area contributed by atoms with E-state index in [-0.39, 0.29) is 11.8 Å². The molecule has 2 N–H and O–H groups in total. The Morgan fingerprint density at radius 2 is 1.93 bits per heavy atom. The number of nitrogens with zero attached hydrogens (tertiary/aromatic N) is 2. The Balaban J connectivity index is 1.98. The molecule has 144 valence electrons. The normalized spacial score (nSPS) is 11.4. The molecule has 2 aromatic carbocycles. The van der Waals surface area contributed by atoms with Crippen molar-refractivity contribution in [2.24, 2.45) is 4.99 Å². The lowest BCUT2D eigenvalue weighted by Gasteiger charge is -2.17. The average molecular weight is 370 g/mol. The molecule has 0 aliphatic carbocycles. The second-order valence-electron chi connectivity index (χ2n) is 6.48. The highest BCUT2D eigenvalue weighted by Crippen LogP contribution is 2.21. The lowest BCUT2D eigenvalue weighted by Crippen LogP contribution is -2.36. The number of aliphatic imine (C=N–C) groups is 1. The van der Waals surface area contributed by atoms with Gasteiger partial charge in [-0.15, -0.1) is 0 Å². The van der Waals surface area contributed by atoms with Crippen molar-refractivity contribution in [3.63, 3.8) is 0 Å². The monoisotopic (exact) mass is 370 g/mol. The predicted octanol–water partition coefficient (Wildman–Crippen LogP) is 3.56. The van der Waals surface area contributed by atoms with Crippen LogP contribution in [-0.2, 0) is 13.1 Å². The molecule has 0 bridgehead atoms. The van der Waals surface area contributed by atoms with Crippen molar-refractivity contribution in [1.29, 1.82) is 0 Å². The van der Waals surface area contributed by atoms with Gasteiger partial charge in [-0.2, -0.15) is 0 Å². The molecule has 2 rings (SSSR count). The summed E-state index contributed by atoms with van der Waals surface area (Å²) in [4.78, 5) is 14.7. The Labute approximate surface area is 159 Å². The molecular weight excluding hydrogens is 344 g/mol. The van der Waals surface area contributed by atoms with Gasteiger partial charge >= 0.3 is 0 Å². The summed E-state index contributed by atoms with van der Waals surface area (Å²) in [6.45, 7) is 7.02. The smallest absolute Gasteiger partial charge is 0.269 e. The third-order valence-electron chi connectivity index (χ3n) is 3.84. The average Bonchev–Trinajstić information content (AvgIpc) is 2.63. The first-order valence-electron chi connectivity index (χ1n) is 8.83. The summed E-state index contributed by atoms with van der Waals surface area (Å²) >= 11 is 0. The fourth-order valence-electron chi connectivity index (χ4n) is 2.54. The summed E-state index contributed by atoms with van der Waals surface area (Å²) in [5.74, 6) is 1.46. The van der Waals surface area contributed by atoms with Crippen LogP contribution < -0.4 is 15.4 Å². The van der Waals surface area contributed by atoms with Gasteiger partial charge in [-0.05, 0) is 38.0 Å². The molecule has 7 heteroatoms. The first-order chi connectivity index (χ1) is 12.9. The number of rotatable bonds is 7. The van der Waals surface area contributed by atoms with E-state index in [4.69, 9.17) is 4.74 Å². The number of nitro groups is 1. The maximum Gasteiger partial charge on any atom is 0.269 e. The van der Waals surface area contributed by atoms with E-state index in [9.17, 15) is 10.1 Å². The van der Waals surface area contributed by atoms with Gasteiger partial charge in [-0.25, -0.2) is 0 Å². The molecule has 27 heavy (non-hydrogen) atoms. The van der Waals surface area contributed by atoms with Crippen LogP contribution in [0, 0.1) is 17.0 Å². The number of nitro benzene ring substituents is 1. The molecule has 0 unspecified atom stereocenters. The summed E-state index contributed by atoms with van der Waals surface area (Å²) in [7, 11) is 1.68. The fraction of sp³-hybridized carbons (Fsp3) is 0.350. The molecular formula is C20H26N4O3. The van der Waals surface area contributed by atoms with Gasteiger partial charge in [0, 0.05) is 37.8 Å². The van der Waals surface area contributed by atoms with Gasteiger partial charge in [-0.3, -0.25) is 15.1 Å². The van der Waals surface area contributed by atoms with Crippen molar-refractivity contribution in [2.45, 2.75) is 40.0 Å². The Kier molecular flexibility index (Phi) is 7.16. The molecule has 0 heterocycles. The van der Waals surface area contributed by atoms with Crippen LogP contribution in [0.5, 0.6) is 5.75 Å². The van der Waals surface area contributed by atoms with Crippen LogP contribution in [0.1, 0.15) is 30.5 Å². The molecule has 0 saturated carbocycles. The van der Waals surface area contributed by atoms with Gasteiger partial charge in [0.15, 0.2) is 5.96 Å². The second kappa shape index (κ2) is 9.56. The van der Waals surface area contributed by atoms with Crippen LogP contribution in [0.3, 0.4) is 0 Å². The van der Waals surface area contributed by atoms with E-state index < -0.39 is 4.92 Å². The third kappa shape index (κ3) is 6.29. The van der Waals surface area contributed by atoms with Gasteiger partial charge in [-0.1, -0.05) is 24.3 Å². The maximum absolute atomic E-state index is 10.9. The maximum atomic E-state index is 10.9. The number of non-ortho nitro benzene ring substituents is 1. The van der Waals surface area contributed by atoms with Gasteiger partial charge in [0.05, 0.1) is 11.0 Å². The third-order valence-corrected chi connectivity index (χ3v) is 3.84. The minimum Gasteiger partial charge on any atom is -0.491 e. The number of hydrogen-bond acceptors (Lipinski definition) is 4. The van der Waals surface area contributed by atoms with Crippen molar-refractivity contribution < 1.29 is 9.66 Å². The fourth-order valence-corrected chi connectivity index (χ4v) is 2.54. The first kappa shape index (κ1) is 20.2. The second-order valence-corrected chi connectivity index (χ2v) is 6.48. The number of benzene rings is 2. The molecule has 0 amide bonds. The van der Waals surface area contributed by atoms with Crippen molar-refractivity contribution >= 4 is 11.6 Å². The zero-order valence-corrected chi connectivity index (χ0v) is 16.2. The highest BCUT2D eigenvalue weighted by atomic mass is 16.6. The molecule has 7 nitrogen and oxygen atoms in total. The number of nitrogens with one attached hydrogen (secondary N) is 2. The zero-order valence-electron chi connectivity index (χ0n) is 16.2. The van der Waals surface area contributed by atoms with Crippen LogP contribution in [0.4, 0.5) is 5.69 Å². The van der Waals surface area contributed by atoms with Gasteiger partial charge < -0.3 is 15.4 Å². The number of guanidine groups is 1. The van der Waals surface area contributed by atoms with E-state index in [0.29, 0.717) is 19.0 Å². The number of hydrogen-bond donors (Lipinski definition) is 2. The molecule has 0 radical (unpaired) electrons. The standard InChI is InChI=1S/C20H26N4O3/c1-14(2)27-19-10-15(3)8-9-17(19)13-23-20(21-4)22-12-16-6-5-7-18(11-16)24(25)26/h5-11,14H,12-13H2,1-4H3,(H2,21,22,23). The number of aryl methyl sites for hydroxylation is 1. The molecule has 0 saturated heterocycles. The Morgan fingerprint density at radius 3 is 2.59 bits per heavy atom. The van der Waals surface area contributed by atoms with E-state index in [1.165, 1.54) is 6.07 Å². The van der Waals surface area contributed by atoms with Gasteiger partial charge in [0.2, 0.25) is 0 Å². The first-order valence-corrected chi connectivity index (χ1v) is 8.83. The summed E-state index contributed by atoms with van der Waals surface area (Å²) < 4.78 is 5.89. The summed E-state index contributed by atoms with van der Waals surface area (Å²) in [5, 5.41) is 17.3. The van der Waals surface area contributed by atoms with E-state index in [1.807, 2.05) is 45.0 Å². The van der Waals surface area contributed by atoms with Gasteiger partial charge in [0.1, 0.15) is 5.75 Å². The quantitative estimate of drug-likeness (QED) is 0.337. The zero-order chi connectivity index (χ0) is 19.8. The van der Waals surface area contributed by atoms with E-state index in [0.717, 1.165) is 22.4 Å². The molecule has 0 spiro atoms. The molecule has 2 aromatic rings. The minimum absolute atomic E-state index is 0.0763. The Bertz CT molecular complexity index is 819. The van der Waals surface area contributed by atoms with Crippen molar-refractivity contribution in [3.05, 3.63) is 69.3 Å². The molecule has 0 aliphatic heterocycles. The summed E-state index contributed by atoms with van der Waals surface area (Å²) in [6, 6.07) is 12.6. The van der Waals surface area contributed by atoms with Gasteiger partial charge in [0.25, 0.3) is 5.69 Å². The lowest BCUT2D eigenvalue weighted by atomic mass is 10.1. The molecule has 0 atom stereocenters. The summed E-state index contributed by atoms with van der Waals surface area (Å²) in [5.41, 5.74) is 3.06. The van der Waals surface area contributed by atoms with E-state index in [2.05, 4.69) is 15.6 Å². The number of ether oxygens (including phenoxy) is 1. The van der Waals surface area contributed by atoms with Crippen LogP contribution in [0.2, 0.25) is 0 Å². The van der Waals surface area contributed by atoms with E-state index in [1.54, 1.807) is 19.2 Å². The SMILES string of the molecule is CN=C(NCc1cccc([N+](=O)[O-])c1)NCc1ccc(C)cc1OC(C)C. The van der Waals surface area contributed by atoms with Crippen LogP contribution >= 0.6 is 0 Å². The topological polar surface area (TPSA) is 88.8 Å². The van der Waals surface area contributed by atoms with Crippen molar-refractivity contribution in [1.82, 2.24) is 10.6 Å². The summed E-state index contributed by atoms with van der Waals surface area (Å²) in [6.07, 6.45) is 0.0943. The Morgan fingerprint density at radius 1 is 1.19 bits per heavy atom. The van der Waals surface area contributed by atoms with E-state index >= 15 is 0 Å². The van der Waals surface area contributed by atoms with Crippen LogP contribution in [0.25, 0.3) is 0 Å². The largest absolute Gasteiger partial charge is 0.491 e. The molecule has 0 aliphatic rings. The van der Waals surface area contributed by atoms with Crippen molar-refractivity contribution in [2.75, 3.05) is 7.05 Å².